The fourth-order valence-electron chi connectivity index (χ4n) is 1.72. The third-order valence-electron chi connectivity index (χ3n) is 2.40. The number of rotatable bonds is 4. The van der Waals surface area contributed by atoms with Gasteiger partial charge in [-0.25, -0.2) is 0 Å². The number of hydrogen-bond acceptors (Lipinski definition) is 1. The van der Waals surface area contributed by atoms with E-state index in [0.717, 1.165) is 12.3 Å². The molecule has 2 nitrogen and oxygen atoms in total. The van der Waals surface area contributed by atoms with E-state index in [1.807, 2.05) is 6.08 Å². The van der Waals surface area contributed by atoms with Crippen LogP contribution in [0.1, 0.15) is 38.5 Å². The SMILES string of the molecule is O=C(O)C/C=C/CC1CCCC1. The normalized spacial score (nSPS) is 19.0. The molecule has 0 radical (unpaired) electrons. The smallest absolute Gasteiger partial charge is 0.307 e. The van der Waals surface area contributed by atoms with Crippen LogP contribution in [-0.2, 0) is 4.79 Å². The van der Waals surface area contributed by atoms with E-state index in [0.29, 0.717) is 0 Å². The maximum absolute atomic E-state index is 10.1. The Kier molecular flexibility index (Phi) is 3.85. The molecule has 0 aromatic rings. The zero-order valence-electron chi connectivity index (χ0n) is 7.33. The molecule has 2 heteroatoms. The summed E-state index contributed by atoms with van der Waals surface area (Å²) < 4.78 is 0. The first-order valence-electron chi connectivity index (χ1n) is 4.66. The summed E-state index contributed by atoms with van der Waals surface area (Å²) in [5.74, 6) is 0.0905. The van der Waals surface area contributed by atoms with Crippen molar-refractivity contribution in [3.8, 4) is 0 Å². The summed E-state index contributed by atoms with van der Waals surface area (Å²) in [5.41, 5.74) is 0. The van der Waals surface area contributed by atoms with Gasteiger partial charge in [0.05, 0.1) is 6.42 Å². The number of hydrogen-bond donors (Lipinski definition) is 1. The number of aliphatic carboxylic acids is 1. The van der Waals surface area contributed by atoms with Crippen LogP contribution < -0.4 is 0 Å². The highest BCUT2D eigenvalue weighted by Gasteiger charge is 2.12. The number of carboxylic acid groups (broad SMARTS) is 1. The number of carboxylic acids is 1. The lowest BCUT2D eigenvalue weighted by Crippen LogP contribution is -1.92. The van der Waals surface area contributed by atoms with Gasteiger partial charge >= 0.3 is 5.97 Å². The highest BCUT2D eigenvalue weighted by Crippen LogP contribution is 2.27. The molecule has 0 aromatic carbocycles. The van der Waals surface area contributed by atoms with Crippen LogP contribution in [0.2, 0.25) is 0 Å². The third-order valence-corrected chi connectivity index (χ3v) is 2.40. The Labute approximate surface area is 73.3 Å². The van der Waals surface area contributed by atoms with E-state index in [-0.39, 0.29) is 6.42 Å². The largest absolute Gasteiger partial charge is 0.481 e. The molecule has 0 heterocycles. The Morgan fingerprint density at radius 1 is 1.33 bits per heavy atom. The molecule has 0 bridgehead atoms. The highest BCUT2D eigenvalue weighted by molar-refractivity contribution is 5.68. The van der Waals surface area contributed by atoms with Crippen molar-refractivity contribution in [3.63, 3.8) is 0 Å². The van der Waals surface area contributed by atoms with Gasteiger partial charge in [0.25, 0.3) is 0 Å². The van der Waals surface area contributed by atoms with E-state index >= 15 is 0 Å². The predicted molar refractivity (Wildman–Crippen MR) is 48.0 cm³/mol. The second-order valence-corrected chi connectivity index (χ2v) is 3.46. The standard InChI is InChI=1S/C10H16O2/c11-10(12)8-4-3-7-9-5-1-2-6-9/h3-4,9H,1-2,5-8H2,(H,11,12)/b4-3+. The summed E-state index contributed by atoms with van der Waals surface area (Å²) >= 11 is 0. The molecule has 1 saturated carbocycles. The lowest BCUT2D eigenvalue weighted by molar-refractivity contribution is -0.136. The second-order valence-electron chi connectivity index (χ2n) is 3.46. The predicted octanol–water partition coefficient (Wildman–Crippen LogP) is 2.60. The van der Waals surface area contributed by atoms with Crippen LogP contribution in [0.15, 0.2) is 12.2 Å². The summed E-state index contributed by atoms with van der Waals surface area (Å²) in [4.78, 5) is 10.1. The van der Waals surface area contributed by atoms with Gasteiger partial charge in [-0.3, -0.25) is 4.79 Å². The first-order chi connectivity index (χ1) is 5.79. The van der Waals surface area contributed by atoms with Crippen LogP contribution in [0.3, 0.4) is 0 Å². The lowest BCUT2D eigenvalue weighted by Gasteiger charge is -2.02. The molecular formula is C10H16O2. The van der Waals surface area contributed by atoms with Gasteiger partial charge in [0.15, 0.2) is 0 Å². The van der Waals surface area contributed by atoms with E-state index in [2.05, 4.69) is 0 Å². The van der Waals surface area contributed by atoms with Crippen molar-refractivity contribution in [1.82, 2.24) is 0 Å². The minimum atomic E-state index is -0.738. The molecule has 0 atom stereocenters. The van der Waals surface area contributed by atoms with Crippen molar-refractivity contribution in [3.05, 3.63) is 12.2 Å². The Morgan fingerprint density at radius 2 is 2.00 bits per heavy atom. The summed E-state index contributed by atoms with van der Waals surface area (Å²) in [7, 11) is 0. The molecule has 0 aliphatic heterocycles. The van der Waals surface area contributed by atoms with Crippen molar-refractivity contribution in [2.45, 2.75) is 38.5 Å². The zero-order valence-corrected chi connectivity index (χ0v) is 7.33. The zero-order chi connectivity index (χ0) is 8.81. The Morgan fingerprint density at radius 3 is 2.58 bits per heavy atom. The lowest BCUT2D eigenvalue weighted by atomic mass is 10.0. The molecule has 1 aliphatic rings. The van der Waals surface area contributed by atoms with Crippen molar-refractivity contribution in [1.29, 1.82) is 0 Å². The summed E-state index contributed by atoms with van der Waals surface area (Å²) in [5, 5.41) is 8.35. The average molecular weight is 168 g/mol. The van der Waals surface area contributed by atoms with Crippen LogP contribution in [-0.4, -0.2) is 11.1 Å². The van der Waals surface area contributed by atoms with Gasteiger partial charge in [0.2, 0.25) is 0 Å². The van der Waals surface area contributed by atoms with Crippen molar-refractivity contribution in [2.24, 2.45) is 5.92 Å². The Hall–Kier alpha value is -0.790. The fourth-order valence-corrected chi connectivity index (χ4v) is 1.72. The molecule has 0 aromatic heterocycles. The Balaban J connectivity index is 2.07. The average Bonchev–Trinajstić information content (AvgIpc) is 2.49. The van der Waals surface area contributed by atoms with Crippen LogP contribution in [0.25, 0.3) is 0 Å². The number of allylic oxidation sites excluding steroid dienone is 1. The van der Waals surface area contributed by atoms with E-state index in [1.54, 1.807) is 6.08 Å². The minimum Gasteiger partial charge on any atom is -0.481 e. The van der Waals surface area contributed by atoms with Gasteiger partial charge in [-0.1, -0.05) is 37.8 Å². The molecule has 12 heavy (non-hydrogen) atoms. The van der Waals surface area contributed by atoms with Gasteiger partial charge in [-0.15, -0.1) is 0 Å². The van der Waals surface area contributed by atoms with Gasteiger partial charge in [0, 0.05) is 0 Å². The molecule has 1 rings (SSSR count). The third kappa shape index (κ3) is 3.56. The van der Waals surface area contributed by atoms with E-state index < -0.39 is 5.97 Å². The molecule has 68 valence electrons. The van der Waals surface area contributed by atoms with Crippen molar-refractivity contribution >= 4 is 5.97 Å². The van der Waals surface area contributed by atoms with Crippen LogP contribution in [0, 0.1) is 5.92 Å². The molecule has 0 unspecified atom stereocenters. The molecule has 1 fully saturated rings. The highest BCUT2D eigenvalue weighted by atomic mass is 16.4. The molecule has 0 amide bonds. The van der Waals surface area contributed by atoms with Gasteiger partial charge in [-0.2, -0.15) is 0 Å². The molecule has 1 N–H and O–H groups in total. The Bertz CT molecular complexity index is 167. The monoisotopic (exact) mass is 168 g/mol. The van der Waals surface area contributed by atoms with E-state index in [9.17, 15) is 4.79 Å². The maximum Gasteiger partial charge on any atom is 0.307 e. The molecule has 0 saturated heterocycles. The summed E-state index contributed by atoms with van der Waals surface area (Å²) in [6.07, 6.45) is 10.4. The first kappa shape index (κ1) is 9.30. The molecule has 1 aliphatic carbocycles. The van der Waals surface area contributed by atoms with Gasteiger partial charge in [-0.05, 0) is 12.3 Å². The minimum absolute atomic E-state index is 0.173. The van der Waals surface area contributed by atoms with Crippen LogP contribution in [0.5, 0.6) is 0 Å². The fraction of sp³-hybridized carbons (Fsp3) is 0.700. The first-order valence-corrected chi connectivity index (χ1v) is 4.66. The van der Waals surface area contributed by atoms with E-state index in [1.165, 1.54) is 25.7 Å². The van der Waals surface area contributed by atoms with Gasteiger partial charge in [0.1, 0.15) is 0 Å². The quantitative estimate of drug-likeness (QED) is 0.655. The summed E-state index contributed by atoms with van der Waals surface area (Å²) in [6.45, 7) is 0. The van der Waals surface area contributed by atoms with E-state index in [4.69, 9.17) is 5.11 Å². The van der Waals surface area contributed by atoms with Crippen LogP contribution >= 0.6 is 0 Å². The number of carbonyl (C=O) groups is 1. The van der Waals surface area contributed by atoms with Crippen molar-refractivity contribution in [2.75, 3.05) is 0 Å². The topological polar surface area (TPSA) is 37.3 Å². The van der Waals surface area contributed by atoms with Crippen molar-refractivity contribution < 1.29 is 9.90 Å². The summed E-state index contributed by atoms with van der Waals surface area (Å²) in [6, 6.07) is 0. The molecular weight excluding hydrogens is 152 g/mol. The molecule has 0 spiro atoms. The van der Waals surface area contributed by atoms with Crippen LogP contribution in [0.4, 0.5) is 0 Å². The second kappa shape index (κ2) is 4.96. The van der Waals surface area contributed by atoms with Gasteiger partial charge < -0.3 is 5.11 Å². The maximum atomic E-state index is 10.1.